The molecule has 0 aliphatic heterocycles. The zero-order chi connectivity index (χ0) is 15.2. The molecule has 1 N–H and O–H groups in total. The number of carbonyl (C=O) groups is 1. The highest BCUT2D eigenvalue weighted by Crippen LogP contribution is 2.16. The Balaban J connectivity index is 1.51. The van der Waals surface area contributed by atoms with E-state index in [1.165, 1.54) is 22.7 Å². The molecule has 1 amide bonds. The number of thiazole rings is 1. The standard InChI is InChI=1S/C14H12N4O2S2/c19-12(17-14-18-15-9-22-14)6-10-8-21-13(16-10)7-20-11-4-2-1-3-5-11/h1-5,8-9H,6-7H2,(H,17,18,19). The highest BCUT2D eigenvalue weighted by atomic mass is 32.1. The van der Waals surface area contributed by atoms with Crippen LogP contribution in [0.5, 0.6) is 5.75 Å². The van der Waals surface area contributed by atoms with Crippen LogP contribution in [0.15, 0.2) is 41.2 Å². The average molecular weight is 332 g/mol. The van der Waals surface area contributed by atoms with Crippen molar-refractivity contribution in [3.8, 4) is 5.75 Å². The number of anilines is 1. The summed E-state index contributed by atoms with van der Waals surface area (Å²) < 4.78 is 5.63. The van der Waals surface area contributed by atoms with Crippen molar-refractivity contribution in [1.29, 1.82) is 0 Å². The molecule has 0 saturated carbocycles. The first-order chi connectivity index (χ1) is 10.8. The van der Waals surface area contributed by atoms with Crippen LogP contribution in [0.25, 0.3) is 0 Å². The number of amides is 1. The molecule has 3 rings (SSSR count). The maximum atomic E-state index is 11.8. The molecule has 6 nitrogen and oxygen atoms in total. The second-order valence-electron chi connectivity index (χ2n) is 4.30. The first-order valence-electron chi connectivity index (χ1n) is 6.47. The molecular weight excluding hydrogens is 320 g/mol. The van der Waals surface area contributed by atoms with E-state index in [2.05, 4.69) is 20.5 Å². The number of rotatable bonds is 6. The van der Waals surface area contributed by atoms with E-state index in [-0.39, 0.29) is 12.3 Å². The molecule has 2 aromatic heterocycles. The molecule has 0 aliphatic rings. The van der Waals surface area contributed by atoms with Crippen molar-refractivity contribution in [1.82, 2.24) is 15.2 Å². The monoisotopic (exact) mass is 332 g/mol. The molecule has 0 aliphatic carbocycles. The van der Waals surface area contributed by atoms with Gasteiger partial charge in [-0.05, 0) is 12.1 Å². The topological polar surface area (TPSA) is 77.0 Å². The fourth-order valence-corrected chi connectivity index (χ4v) is 2.88. The Labute approximate surface area is 134 Å². The van der Waals surface area contributed by atoms with Crippen LogP contribution in [0.3, 0.4) is 0 Å². The molecule has 112 valence electrons. The number of nitrogens with one attached hydrogen (secondary N) is 1. The minimum atomic E-state index is -0.155. The van der Waals surface area contributed by atoms with Crippen LogP contribution in [-0.2, 0) is 17.8 Å². The molecule has 1 aromatic carbocycles. The van der Waals surface area contributed by atoms with Gasteiger partial charge >= 0.3 is 0 Å². The van der Waals surface area contributed by atoms with Gasteiger partial charge in [-0.3, -0.25) is 4.79 Å². The normalized spacial score (nSPS) is 10.4. The number of ether oxygens (including phenoxy) is 1. The highest BCUT2D eigenvalue weighted by Gasteiger charge is 2.10. The summed E-state index contributed by atoms with van der Waals surface area (Å²) in [7, 11) is 0. The van der Waals surface area contributed by atoms with Gasteiger partial charge in [-0.25, -0.2) is 4.98 Å². The third-order valence-electron chi connectivity index (χ3n) is 2.65. The lowest BCUT2D eigenvalue weighted by Gasteiger charge is -2.02. The van der Waals surface area contributed by atoms with E-state index in [0.717, 1.165) is 16.5 Å². The van der Waals surface area contributed by atoms with Crippen LogP contribution in [0.4, 0.5) is 5.13 Å². The van der Waals surface area contributed by atoms with Crippen molar-refractivity contribution in [2.24, 2.45) is 0 Å². The minimum Gasteiger partial charge on any atom is -0.486 e. The Morgan fingerprint density at radius 1 is 1.23 bits per heavy atom. The molecule has 0 bridgehead atoms. The number of nitrogens with zero attached hydrogens (tertiary/aromatic N) is 3. The summed E-state index contributed by atoms with van der Waals surface area (Å²) in [4.78, 5) is 16.2. The molecule has 0 saturated heterocycles. The van der Waals surface area contributed by atoms with Crippen LogP contribution >= 0.6 is 22.7 Å². The number of para-hydroxylation sites is 1. The summed E-state index contributed by atoms with van der Waals surface area (Å²) in [5.74, 6) is 0.644. The van der Waals surface area contributed by atoms with Crippen molar-refractivity contribution in [2.45, 2.75) is 13.0 Å². The fourth-order valence-electron chi connectivity index (χ4n) is 1.71. The third-order valence-corrected chi connectivity index (χ3v) is 4.13. The lowest BCUT2D eigenvalue weighted by atomic mass is 10.3. The van der Waals surface area contributed by atoms with E-state index < -0.39 is 0 Å². The lowest BCUT2D eigenvalue weighted by Crippen LogP contribution is -2.14. The molecule has 0 fully saturated rings. The maximum absolute atomic E-state index is 11.8. The van der Waals surface area contributed by atoms with Gasteiger partial charge in [-0.1, -0.05) is 29.5 Å². The average Bonchev–Trinajstić information content (AvgIpc) is 3.18. The largest absolute Gasteiger partial charge is 0.486 e. The van der Waals surface area contributed by atoms with Gasteiger partial charge in [0.2, 0.25) is 11.0 Å². The Morgan fingerprint density at radius 2 is 2.09 bits per heavy atom. The van der Waals surface area contributed by atoms with Gasteiger partial charge in [0.25, 0.3) is 0 Å². The van der Waals surface area contributed by atoms with E-state index in [0.29, 0.717) is 11.7 Å². The van der Waals surface area contributed by atoms with Gasteiger partial charge in [0, 0.05) is 5.38 Å². The summed E-state index contributed by atoms with van der Waals surface area (Å²) in [5.41, 5.74) is 2.29. The SMILES string of the molecule is O=C(Cc1csc(COc2ccccc2)n1)Nc1nncs1. The molecule has 0 atom stereocenters. The van der Waals surface area contributed by atoms with Crippen molar-refractivity contribution in [2.75, 3.05) is 5.32 Å². The second-order valence-corrected chi connectivity index (χ2v) is 6.08. The van der Waals surface area contributed by atoms with Gasteiger partial charge in [-0.2, -0.15) is 0 Å². The van der Waals surface area contributed by atoms with Gasteiger partial charge < -0.3 is 10.1 Å². The van der Waals surface area contributed by atoms with Gasteiger partial charge in [0.05, 0.1) is 12.1 Å². The van der Waals surface area contributed by atoms with Crippen LogP contribution < -0.4 is 10.1 Å². The summed E-state index contributed by atoms with van der Waals surface area (Å²) in [6.07, 6.45) is 0.210. The van der Waals surface area contributed by atoms with E-state index >= 15 is 0 Å². The van der Waals surface area contributed by atoms with Crippen LogP contribution in [0.2, 0.25) is 0 Å². The van der Waals surface area contributed by atoms with Gasteiger partial charge in [0.15, 0.2) is 0 Å². The minimum absolute atomic E-state index is 0.155. The molecule has 3 aromatic rings. The van der Waals surface area contributed by atoms with E-state index in [9.17, 15) is 4.79 Å². The zero-order valence-electron chi connectivity index (χ0n) is 11.4. The predicted octanol–water partition coefficient (Wildman–Crippen LogP) is 2.75. The molecule has 2 heterocycles. The zero-order valence-corrected chi connectivity index (χ0v) is 13.1. The van der Waals surface area contributed by atoms with Crippen LogP contribution in [-0.4, -0.2) is 21.1 Å². The molecule has 0 radical (unpaired) electrons. The quantitative estimate of drug-likeness (QED) is 0.751. The van der Waals surface area contributed by atoms with E-state index in [1.807, 2.05) is 35.7 Å². The van der Waals surface area contributed by atoms with E-state index in [1.54, 1.807) is 5.51 Å². The number of hydrogen-bond acceptors (Lipinski definition) is 7. The summed E-state index contributed by atoms with van der Waals surface area (Å²) in [5, 5.41) is 13.3. The predicted molar refractivity (Wildman–Crippen MR) is 85.1 cm³/mol. The van der Waals surface area contributed by atoms with Crippen molar-refractivity contribution in [3.05, 3.63) is 51.9 Å². The first-order valence-corrected chi connectivity index (χ1v) is 8.22. The smallest absolute Gasteiger partial charge is 0.232 e. The third kappa shape index (κ3) is 4.09. The first kappa shape index (κ1) is 14.6. The summed E-state index contributed by atoms with van der Waals surface area (Å²) in [6, 6.07) is 9.56. The molecule has 0 unspecified atom stereocenters. The lowest BCUT2D eigenvalue weighted by molar-refractivity contribution is -0.115. The van der Waals surface area contributed by atoms with Crippen LogP contribution in [0, 0.1) is 0 Å². The number of aromatic nitrogens is 3. The molecular formula is C14H12N4O2S2. The number of hydrogen-bond donors (Lipinski definition) is 1. The van der Waals surface area contributed by atoms with Crippen molar-refractivity contribution >= 4 is 33.7 Å². The molecule has 22 heavy (non-hydrogen) atoms. The fraction of sp³-hybridized carbons (Fsp3) is 0.143. The Morgan fingerprint density at radius 3 is 2.86 bits per heavy atom. The second kappa shape index (κ2) is 7.10. The Bertz CT molecular complexity index is 728. The maximum Gasteiger partial charge on any atom is 0.232 e. The molecule has 8 heteroatoms. The molecule has 0 spiro atoms. The summed E-state index contributed by atoms with van der Waals surface area (Å²) in [6.45, 7) is 0.396. The Kier molecular flexibility index (Phi) is 4.71. The highest BCUT2D eigenvalue weighted by molar-refractivity contribution is 7.13. The van der Waals surface area contributed by atoms with Gasteiger partial charge in [-0.15, -0.1) is 21.5 Å². The van der Waals surface area contributed by atoms with Crippen molar-refractivity contribution < 1.29 is 9.53 Å². The van der Waals surface area contributed by atoms with Crippen molar-refractivity contribution in [3.63, 3.8) is 0 Å². The number of carbonyl (C=O) groups excluding carboxylic acids is 1. The van der Waals surface area contributed by atoms with Gasteiger partial charge in [0.1, 0.15) is 22.9 Å². The Hall–Kier alpha value is -2.32. The summed E-state index contributed by atoms with van der Waals surface area (Å²) >= 11 is 2.76. The number of benzene rings is 1. The van der Waals surface area contributed by atoms with Crippen LogP contribution in [0.1, 0.15) is 10.7 Å². The van der Waals surface area contributed by atoms with E-state index in [4.69, 9.17) is 4.74 Å².